The first-order valence-corrected chi connectivity index (χ1v) is 11.4. The van der Waals surface area contributed by atoms with Crippen molar-refractivity contribution < 1.29 is 35.8 Å². The summed E-state index contributed by atoms with van der Waals surface area (Å²) in [6.07, 6.45) is -0.0833. The fraction of sp³-hybridized carbons (Fsp3) is 0.423. The molecule has 1 fully saturated rings. The van der Waals surface area contributed by atoms with E-state index in [2.05, 4.69) is 10.1 Å². The Kier molecular flexibility index (Phi) is 9.84. The van der Waals surface area contributed by atoms with E-state index in [1.54, 1.807) is 32.9 Å². The highest BCUT2D eigenvalue weighted by molar-refractivity contribution is 6.04. The van der Waals surface area contributed by atoms with Gasteiger partial charge in [-0.25, -0.2) is 0 Å². The second-order valence-electron chi connectivity index (χ2n) is 8.57. The lowest BCUT2D eigenvalue weighted by Crippen LogP contribution is -2.24. The molecule has 2 N–H and O–H groups in total. The van der Waals surface area contributed by atoms with Crippen molar-refractivity contribution in [2.24, 2.45) is 5.92 Å². The van der Waals surface area contributed by atoms with Crippen LogP contribution in [-0.4, -0.2) is 18.2 Å². The number of nitrogens with one attached hydrogen (secondary N) is 2. The van der Waals surface area contributed by atoms with E-state index in [-0.39, 0.29) is 29.2 Å². The molecule has 1 aromatic carbocycles. The molecule has 0 spiro atoms. The molecular formula is C26H30F6N2O2. The first-order valence-electron chi connectivity index (χ1n) is 11.4. The number of benzene rings is 1. The average Bonchev–Trinajstić information content (AvgIpc) is 2.69. The highest BCUT2D eigenvalue weighted by Gasteiger charge is 2.32. The first-order chi connectivity index (χ1) is 16.7. The fourth-order valence-corrected chi connectivity index (χ4v) is 3.40. The van der Waals surface area contributed by atoms with Gasteiger partial charge < -0.3 is 20.2 Å². The number of hydrogen-bond acceptors (Lipinski definition) is 4. The SMILES string of the molecule is C\C=C/C(=C\C=C(/C)OC(F)(F)F)C(=C/Nc1cc(C(F)(F)F)ccc1OC(C)C)/C(=N)C1CCC1. The lowest BCUT2D eigenvalue weighted by molar-refractivity contribution is -0.305. The lowest BCUT2D eigenvalue weighted by atomic mass is 9.78. The van der Waals surface area contributed by atoms with Crippen LogP contribution in [0.1, 0.15) is 52.5 Å². The van der Waals surface area contributed by atoms with E-state index < -0.39 is 23.9 Å². The zero-order chi connectivity index (χ0) is 27.1. The van der Waals surface area contributed by atoms with Crippen molar-refractivity contribution in [3.05, 3.63) is 71.2 Å². The van der Waals surface area contributed by atoms with Gasteiger partial charge >= 0.3 is 12.5 Å². The molecule has 2 rings (SSSR count). The molecule has 4 nitrogen and oxygen atoms in total. The summed E-state index contributed by atoms with van der Waals surface area (Å²) in [5, 5.41) is 11.5. The Morgan fingerprint density at radius 1 is 1.11 bits per heavy atom. The second kappa shape index (κ2) is 12.2. The molecule has 1 aromatic rings. The van der Waals surface area contributed by atoms with Crippen LogP contribution in [0.5, 0.6) is 5.75 Å². The van der Waals surface area contributed by atoms with E-state index in [4.69, 9.17) is 10.1 Å². The number of allylic oxidation sites excluding steroid dienone is 7. The van der Waals surface area contributed by atoms with Crippen molar-refractivity contribution in [1.29, 1.82) is 5.41 Å². The summed E-state index contributed by atoms with van der Waals surface area (Å²) >= 11 is 0. The standard InChI is InChI=1S/C26H30F6N2O2/c1-5-7-18(11-10-17(4)36-26(30,31)32)21(24(33)19-8-6-9-19)15-34-22-14-20(25(27,28)29)12-13-23(22)35-16(2)3/h5,7,10-16,19,33-34H,6,8-9H2,1-4H3/b7-5-,17-10+,18-11+,21-15-,33-24?. The van der Waals surface area contributed by atoms with Crippen molar-refractivity contribution >= 4 is 11.4 Å². The van der Waals surface area contributed by atoms with E-state index in [9.17, 15) is 26.3 Å². The van der Waals surface area contributed by atoms with Crippen molar-refractivity contribution in [3.8, 4) is 5.75 Å². The van der Waals surface area contributed by atoms with E-state index >= 15 is 0 Å². The van der Waals surface area contributed by atoms with E-state index in [0.717, 1.165) is 44.4 Å². The maximum absolute atomic E-state index is 13.3. The number of rotatable bonds is 10. The van der Waals surface area contributed by atoms with Gasteiger partial charge in [0.15, 0.2) is 0 Å². The molecule has 0 unspecified atom stereocenters. The van der Waals surface area contributed by atoms with Gasteiger partial charge in [0.05, 0.1) is 17.4 Å². The van der Waals surface area contributed by atoms with E-state index in [0.29, 0.717) is 11.1 Å². The van der Waals surface area contributed by atoms with Crippen LogP contribution in [0.3, 0.4) is 0 Å². The van der Waals surface area contributed by atoms with Crippen LogP contribution in [0.4, 0.5) is 32.0 Å². The third kappa shape index (κ3) is 8.80. The van der Waals surface area contributed by atoms with E-state index in [1.807, 2.05) is 0 Å². The molecule has 0 aliphatic heterocycles. The molecule has 1 aliphatic rings. The Morgan fingerprint density at radius 3 is 2.28 bits per heavy atom. The van der Waals surface area contributed by atoms with Crippen LogP contribution >= 0.6 is 0 Å². The van der Waals surface area contributed by atoms with Gasteiger partial charge in [0, 0.05) is 23.4 Å². The normalized spacial score (nSPS) is 16.4. The first kappa shape index (κ1) is 29.1. The summed E-state index contributed by atoms with van der Waals surface area (Å²) in [7, 11) is 0. The molecule has 36 heavy (non-hydrogen) atoms. The summed E-state index contributed by atoms with van der Waals surface area (Å²) in [6, 6.07) is 3.06. The molecule has 198 valence electrons. The largest absolute Gasteiger partial charge is 0.572 e. The monoisotopic (exact) mass is 516 g/mol. The van der Waals surface area contributed by atoms with Crippen LogP contribution in [0, 0.1) is 11.3 Å². The lowest BCUT2D eigenvalue weighted by Gasteiger charge is -2.28. The van der Waals surface area contributed by atoms with Crippen LogP contribution in [0.2, 0.25) is 0 Å². The number of hydrogen-bond donors (Lipinski definition) is 2. The molecule has 0 bridgehead atoms. The summed E-state index contributed by atoms with van der Waals surface area (Å²) in [5.74, 6) is -0.275. The van der Waals surface area contributed by atoms with Crippen molar-refractivity contribution in [3.63, 3.8) is 0 Å². The maximum Gasteiger partial charge on any atom is 0.572 e. The number of ether oxygens (including phenoxy) is 2. The minimum Gasteiger partial charge on any atom is -0.489 e. The molecule has 0 heterocycles. The highest BCUT2D eigenvalue weighted by Crippen LogP contribution is 2.36. The molecule has 0 atom stereocenters. The van der Waals surface area contributed by atoms with Gasteiger partial charge in [-0.05, 0) is 70.4 Å². The Bertz CT molecular complexity index is 1050. The molecule has 1 aliphatic carbocycles. The molecule has 0 saturated heterocycles. The summed E-state index contributed by atoms with van der Waals surface area (Å²) in [5.41, 5.74) is 0.132. The summed E-state index contributed by atoms with van der Waals surface area (Å²) < 4.78 is 87.1. The Labute approximate surface area is 206 Å². The predicted molar refractivity (Wildman–Crippen MR) is 128 cm³/mol. The third-order valence-electron chi connectivity index (χ3n) is 5.28. The minimum absolute atomic E-state index is 0.0457. The van der Waals surface area contributed by atoms with Crippen molar-refractivity contribution in [2.75, 3.05) is 5.32 Å². The minimum atomic E-state index is -4.84. The van der Waals surface area contributed by atoms with E-state index in [1.165, 1.54) is 18.3 Å². The number of anilines is 1. The van der Waals surface area contributed by atoms with Gasteiger partial charge in [-0.3, -0.25) is 0 Å². The third-order valence-corrected chi connectivity index (χ3v) is 5.28. The molecule has 1 saturated carbocycles. The molecule has 0 radical (unpaired) electrons. The van der Waals surface area contributed by atoms with Gasteiger partial charge in [-0.1, -0.05) is 24.6 Å². The smallest absolute Gasteiger partial charge is 0.489 e. The van der Waals surface area contributed by atoms with Gasteiger partial charge in [-0.2, -0.15) is 13.2 Å². The predicted octanol–water partition coefficient (Wildman–Crippen LogP) is 8.55. The topological polar surface area (TPSA) is 54.3 Å². The maximum atomic E-state index is 13.3. The van der Waals surface area contributed by atoms with Gasteiger partial charge in [0.2, 0.25) is 0 Å². The number of halogens is 6. The summed E-state index contributed by atoms with van der Waals surface area (Å²) in [4.78, 5) is 0. The van der Waals surface area contributed by atoms with Crippen LogP contribution in [0.15, 0.2) is 65.6 Å². The van der Waals surface area contributed by atoms with Crippen LogP contribution < -0.4 is 10.1 Å². The van der Waals surface area contributed by atoms with Crippen LogP contribution in [-0.2, 0) is 10.9 Å². The molecule has 10 heteroatoms. The van der Waals surface area contributed by atoms with Crippen molar-refractivity contribution in [1.82, 2.24) is 0 Å². The highest BCUT2D eigenvalue weighted by atomic mass is 19.4. The zero-order valence-electron chi connectivity index (χ0n) is 20.5. The van der Waals surface area contributed by atoms with Crippen molar-refractivity contribution in [2.45, 2.75) is 65.6 Å². The molecular weight excluding hydrogens is 486 g/mol. The van der Waals surface area contributed by atoms with Crippen LogP contribution in [0.25, 0.3) is 0 Å². The van der Waals surface area contributed by atoms with Gasteiger partial charge in [0.1, 0.15) is 11.5 Å². The Balaban J connectivity index is 2.54. The Hall–Kier alpha value is -3.17. The fourth-order valence-electron chi connectivity index (χ4n) is 3.40. The summed E-state index contributed by atoms with van der Waals surface area (Å²) in [6.45, 7) is 6.32. The second-order valence-corrected chi connectivity index (χ2v) is 8.57. The quantitative estimate of drug-likeness (QED) is 0.142. The van der Waals surface area contributed by atoms with Gasteiger partial charge in [0.25, 0.3) is 0 Å². The number of alkyl halides is 6. The average molecular weight is 517 g/mol. The Morgan fingerprint density at radius 2 is 1.78 bits per heavy atom. The molecule has 0 aromatic heterocycles. The van der Waals surface area contributed by atoms with Gasteiger partial charge in [-0.15, -0.1) is 13.2 Å². The molecule has 0 amide bonds. The zero-order valence-corrected chi connectivity index (χ0v) is 20.5.